The Hall–Kier alpha value is -1.28. The second-order valence-corrected chi connectivity index (χ2v) is 5.43. The molecule has 19 heavy (non-hydrogen) atoms. The Balaban J connectivity index is 2.16. The van der Waals surface area contributed by atoms with Crippen LogP contribution in [-0.2, 0) is 5.88 Å². The summed E-state index contributed by atoms with van der Waals surface area (Å²) in [6.45, 7) is 5.16. The van der Waals surface area contributed by atoms with E-state index >= 15 is 0 Å². The lowest BCUT2D eigenvalue weighted by atomic mass is 10.1. The summed E-state index contributed by atoms with van der Waals surface area (Å²) in [6, 6.07) is 10.1. The van der Waals surface area contributed by atoms with Crippen molar-refractivity contribution in [2.24, 2.45) is 5.92 Å². The van der Waals surface area contributed by atoms with E-state index in [0.717, 1.165) is 22.9 Å². The molecule has 0 spiro atoms. The highest BCUT2D eigenvalue weighted by Gasteiger charge is 2.06. The molecule has 0 aliphatic rings. The number of alkyl halides is 1. The minimum atomic E-state index is 0.410. The van der Waals surface area contributed by atoms with Gasteiger partial charge in [0.1, 0.15) is 0 Å². The molecule has 0 bridgehead atoms. The summed E-state index contributed by atoms with van der Waals surface area (Å²) in [7, 11) is 0. The first-order valence-electron chi connectivity index (χ1n) is 6.78. The first-order chi connectivity index (χ1) is 9.20. The number of hydrogen-bond acceptors (Lipinski definition) is 2. The molecule has 0 unspecified atom stereocenters. The fourth-order valence-electron chi connectivity index (χ4n) is 2.06. The normalized spacial score (nSPS) is 11.2. The van der Waals surface area contributed by atoms with Crippen molar-refractivity contribution in [2.75, 3.05) is 6.61 Å². The lowest BCUT2D eigenvalue weighted by Crippen LogP contribution is -2.02. The maximum atomic E-state index is 5.88. The van der Waals surface area contributed by atoms with Gasteiger partial charge in [-0.2, -0.15) is 0 Å². The van der Waals surface area contributed by atoms with Crippen LogP contribution in [0.2, 0.25) is 0 Å². The van der Waals surface area contributed by atoms with Gasteiger partial charge in [0.15, 0.2) is 0 Å². The van der Waals surface area contributed by atoms with Gasteiger partial charge >= 0.3 is 0 Å². The molecule has 0 atom stereocenters. The van der Waals surface area contributed by atoms with Crippen molar-refractivity contribution in [3.8, 4) is 5.88 Å². The fourth-order valence-corrected chi connectivity index (χ4v) is 2.20. The summed E-state index contributed by atoms with van der Waals surface area (Å²) >= 11 is 5.88. The van der Waals surface area contributed by atoms with E-state index in [1.54, 1.807) is 0 Å². The van der Waals surface area contributed by atoms with Gasteiger partial charge < -0.3 is 4.74 Å². The predicted octanol–water partition coefficient (Wildman–Crippen LogP) is 4.79. The molecule has 0 aliphatic carbocycles. The van der Waals surface area contributed by atoms with Crippen LogP contribution >= 0.6 is 11.6 Å². The van der Waals surface area contributed by atoms with Crippen LogP contribution in [0.3, 0.4) is 0 Å². The van der Waals surface area contributed by atoms with Crippen LogP contribution in [-0.4, -0.2) is 11.6 Å². The van der Waals surface area contributed by atoms with E-state index in [-0.39, 0.29) is 0 Å². The molecule has 0 fully saturated rings. The number of rotatable bonds is 6. The van der Waals surface area contributed by atoms with E-state index in [1.165, 1.54) is 6.42 Å². The quantitative estimate of drug-likeness (QED) is 0.559. The Morgan fingerprint density at radius 3 is 2.79 bits per heavy atom. The van der Waals surface area contributed by atoms with E-state index in [4.69, 9.17) is 16.3 Å². The molecular formula is C16H20ClNO. The zero-order valence-electron chi connectivity index (χ0n) is 11.5. The highest BCUT2D eigenvalue weighted by Crippen LogP contribution is 2.25. The van der Waals surface area contributed by atoms with Gasteiger partial charge in [0.25, 0.3) is 0 Å². The van der Waals surface area contributed by atoms with Crippen LogP contribution in [0.5, 0.6) is 5.88 Å². The molecule has 3 heteroatoms. The maximum absolute atomic E-state index is 5.88. The number of aromatic nitrogens is 1. The SMILES string of the molecule is CC(C)CCCOc1nc(CCl)cc2ccccc12. The molecule has 2 aromatic rings. The van der Waals surface area contributed by atoms with Crippen LogP contribution in [0.25, 0.3) is 10.8 Å². The molecule has 102 valence electrons. The number of fused-ring (bicyclic) bond motifs is 1. The van der Waals surface area contributed by atoms with Crippen LogP contribution in [0.1, 0.15) is 32.4 Å². The lowest BCUT2D eigenvalue weighted by Gasteiger charge is -2.10. The van der Waals surface area contributed by atoms with Crippen molar-refractivity contribution in [1.82, 2.24) is 4.98 Å². The maximum Gasteiger partial charge on any atom is 0.221 e. The number of pyridine rings is 1. The second-order valence-electron chi connectivity index (χ2n) is 5.16. The van der Waals surface area contributed by atoms with Crippen molar-refractivity contribution in [2.45, 2.75) is 32.6 Å². The molecule has 2 nitrogen and oxygen atoms in total. The van der Waals surface area contributed by atoms with E-state index in [9.17, 15) is 0 Å². The topological polar surface area (TPSA) is 22.1 Å². The third-order valence-electron chi connectivity index (χ3n) is 3.06. The second kappa shape index (κ2) is 6.76. The van der Waals surface area contributed by atoms with Crippen LogP contribution in [0, 0.1) is 5.92 Å². The summed E-state index contributed by atoms with van der Waals surface area (Å²) in [5.74, 6) is 1.83. The van der Waals surface area contributed by atoms with Crippen molar-refractivity contribution in [1.29, 1.82) is 0 Å². The number of nitrogens with zero attached hydrogens (tertiary/aromatic N) is 1. The number of benzene rings is 1. The number of ether oxygens (including phenoxy) is 1. The Kier molecular flexibility index (Phi) is 5.03. The summed E-state index contributed by atoms with van der Waals surface area (Å²) < 4.78 is 5.84. The van der Waals surface area contributed by atoms with Gasteiger partial charge in [-0.05, 0) is 36.3 Å². The molecule has 1 aromatic heterocycles. The Morgan fingerprint density at radius 1 is 1.26 bits per heavy atom. The van der Waals surface area contributed by atoms with Crippen molar-refractivity contribution in [3.05, 3.63) is 36.0 Å². The van der Waals surface area contributed by atoms with Gasteiger partial charge in [0, 0.05) is 5.39 Å². The van der Waals surface area contributed by atoms with E-state index < -0.39 is 0 Å². The third kappa shape index (κ3) is 3.84. The Morgan fingerprint density at radius 2 is 2.05 bits per heavy atom. The molecule has 0 saturated carbocycles. The summed E-state index contributed by atoms with van der Waals surface area (Å²) in [5, 5.41) is 2.19. The summed E-state index contributed by atoms with van der Waals surface area (Å²) in [5.41, 5.74) is 0.860. The van der Waals surface area contributed by atoms with E-state index in [2.05, 4.69) is 24.9 Å². The molecule has 1 aromatic carbocycles. The largest absolute Gasteiger partial charge is 0.477 e. The van der Waals surface area contributed by atoms with Crippen molar-refractivity contribution in [3.63, 3.8) is 0 Å². The zero-order valence-corrected chi connectivity index (χ0v) is 12.3. The average Bonchev–Trinajstić information content (AvgIpc) is 2.42. The van der Waals surface area contributed by atoms with E-state index in [0.29, 0.717) is 24.3 Å². The van der Waals surface area contributed by atoms with Gasteiger partial charge in [0.05, 0.1) is 18.2 Å². The predicted molar refractivity (Wildman–Crippen MR) is 80.9 cm³/mol. The molecule has 0 radical (unpaired) electrons. The molecule has 0 aliphatic heterocycles. The van der Waals surface area contributed by atoms with Crippen LogP contribution in [0.4, 0.5) is 0 Å². The fraction of sp³-hybridized carbons (Fsp3) is 0.438. The van der Waals surface area contributed by atoms with Crippen LogP contribution < -0.4 is 4.74 Å². The standard InChI is InChI=1S/C16H20ClNO/c1-12(2)6-5-9-19-16-15-8-4-3-7-13(15)10-14(11-17)18-16/h3-4,7-8,10,12H,5-6,9,11H2,1-2H3. The third-order valence-corrected chi connectivity index (χ3v) is 3.33. The van der Waals surface area contributed by atoms with Crippen molar-refractivity contribution >= 4 is 22.4 Å². The molecule has 0 N–H and O–H groups in total. The Labute approximate surface area is 119 Å². The van der Waals surface area contributed by atoms with Gasteiger partial charge in [0.2, 0.25) is 5.88 Å². The first kappa shape index (κ1) is 14.1. The molecule has 0 amide bonds. The van der Waals surface area contributed by atoms with Crippen molar-refractivity contribution < 1.29 is 4.74 Å². The van der Waals surface area contributed by atoms with Gasteiger partial charge in [-0.25, -0.2) is 4.98 Å². The lowest BCUT2D eigenvalue weighted by molar-refractivity contribution is 0.290. The number of halogens is 1. The molecular weight excluding hydrogens is 258 g/mol. The van der Waals surface area contributed by atoms with Crippen LogP contribution in [0.15, 0.2) is 30.3 Å². The monoisotopic (exact) mass is 277 g/mol. The number of hydrogen-bond donors (Lipinski definition) is 0. The minimum absolute atomic E-state index is 0.410. The van der Waals surface area contributed by atoms with Gasteiger partial charge in [-0.1, -0.05) is 32.0 Å². The first-order valence-corrected chi connectivity index (χ1v) is 7.31. The highest BCUT2D eigenvalue weighted by molar-refractivity contribution is 6.17. The summed E-state index contributed by atoms with van der Waals surface area (Å²) in [6.07, 6.45) is 2.23. The highest BCUT2D eigenvalue weighted by atomic mass is 35.5. The Bertz CT molecular complexity index is 539. The van der Waals surface area contributed by atoms with E-state index in [1.807, 2.05) is 24.3 Å². The minimum Gasteiger partial charge on any atom is -0.477 e. The molecule has 2 rings (SSSR count). The zero-order chi connectivity index (χ0) is 13.7. The average molecular weight is 278 g/mol. The summed E-state index contributed by atoms with van der Waals surface area (Å²) in [4.78, 5) is 4.48. The van der Waals surface area contributed by atoms with Gasteiger partial charge in [-0.3, -0.25) is 0 Å². The molecule has 1 heterocycles. The molecule has 0 saturated heterocycles. The smallest absolute Gasteiger partial charge is 0.221 e. The van der Waals surface area contributed by atoms with Gasteiger partial charge in [-0.15, -0.1) is 11.6 Å².